The zero-order valence-electron chi connectivity index (χ0n) is 25.9. The topological polar surface area (TPSA) is 103 Å². The molecule has 8 heterocycles. The van der Waals surface area contributed by atoms with Crippen LogP contribution in [0, 0.1) is 12.7 Å². The van der Waals surface area contributed by atoms with Crippen molar-refractivity contribution in [3.63, 3.8) is 0 Å². The van der Waals surface area contributed by atoms with E-state index in [1.165, 1.54) is 0 Å². The minimum Gasteiger partial charge on any atom is -0.461 e. The molecule has 3 fully saturated rings. The molecular weight excluding hydrogens is 576 g/mol. The summed E-state index contributed by atoms with van der Waals surface area (Å²) in [6.45, 7) is 4.66. The number of alkyl halides is 1. The fourth-order valence-corrected chi connectivity index (χ4v) is 8.62. The number of aliphatic hydroxyl groups is 1. The van der Waals surface area contributed by atoms with Crippen molar-refractivity contribution in [2.24, 2.45) is 0 Å². The van der Waals surface area contributed by atoms with Gasteiger partial charge in [-0.1, -0.05) is 19.3 Å². The number of aromatic amines is 1. The Kier molecular flexibility index (Phi) is 7.16. The summed E-state index contributed by atoms with van der Waals surface area (Å²) >= 11 is 0. The van der Waals surface area contributed by atoms with E-state index in [1.807, 2.05) is 4.90 Å². The summed E-state index contributed by atoms with van der Waals surface area (Å²) in [5.41, 5.74) is 2.86. The molecule has 0 radical (unpaired) electrons. The van der Waals surface area contributed by atoms with Crippen LogP contribution in [0.4, 0.5) is 14.6 Å². The van der Waals surface area contributed by atoms with Crippen molar-refractivity contribution >= 4 is 27.6 Å². The van der Waals surface area contributed by atoms with E-state index in [1.54, 1.807) is 12.4 Å². The first-order chi connectivity index (χ1) is 21.8. The SMILES string of the molecule is Cc1cc2[nH]ncc2c2c1CCCCCCC1(O)CCCN(C1)c1nc(OC[C@@]34CCCN3C[C@H](F)C4)nc3c(F)c-2ncc13. The molecule has 6 bridgehead atoms. The van der Waals surface area contributed by atoms with Gasteiger partial charge < -0.3 is 14.7 Å². The maximum absolute atomic E-state index is 17.0. The second-order valence-electron chi connectivity index (χ2n) is 13.9. The number of aromatic nitrogens is 5. The van der Waals surface area contributed by atoms with Crippen LogP contribution in [0.1, 0.15) is 75.3 Å². The lowest BCUT2D eigenvalue weighted by molar-refractivity contribution is 0.0151. The number of piperidine rings is 1. The van der Waals surface area contributed by atoms with Crippen LogP contribution in [0.25, 0.3) is 33.1 Å². The highest BCUT2D eigenvalue weighted by atomic mass is 19.1. The molecule has 9 nitrogen and oxygen atoms in total. The van der Waals surface area contributed by atoms with Crippen LogP contribution in [0.5, 0.6) is 6.01 Å². The van der Waals surface area contributed by atoms with Crippen molar-refractivity contribution in [1.82, 2.24) is 30.0 Å². The van der Waals surface area contributed by atoms with Crippen molar-refractivity contribution in [2.75, 3.05) is 37.7 Å². The highest BCUT2D eigenvalue weighted by Crippen LogP contribution is 2.42. The zero-order valence-corrected chi connectivity index (χ0v) is 25.9. The predicted octanol–water partition coefficient (Wildman–Crippen LogP) is 5.81. The third kappa shape index (κ3) is 5.02. The Morgan fingerprint density at radius 2 is 1.89 bits per heavy atom. The highest BCUT2D eigenvalue weighted by molar-refractivity contribution is 5.99. The molecule has 3 atom stereocenters. The Labute approximate surface area is 261 Å². The number of halogens is 2. The summed E-state index contributed by atoms with van der Waals surface area (Å²) in [6.07, 6.45) is 11.8. The molecule has 0 amide bonds. The minimum absolute atomic E-state index is 0.0743. The van der Waals surface area contributed by atoms with E-state index in [9.17, 15) is 9.50 Å². The molecule has 11 heteroatoms. The Morgan fingerprint density at radius 1 is 1.04 bits per heavy atom. The molecule has 1 unspecified atom stereocenters. The van der Waals surface area contributed by atoms with Crippen LogP contribution in [0.2, 0.25) is 0 Å². The lowest BCUT2D eigenvalue weighted by Gasteiger charge is -2.40. The molecule has 45 heavy (non-hydrogen) atoms. The van der Waals surface area contributed by atoms with Gasteiger partial charge in [-0.15, -0.1) is 0 Å². The standard InChI is InChI=1S/C34H41F2N7O2/c1-21-14-26-24(17-38-41-26)27-23(21)8-4-2-3-5-10-34(44)11-7-12-42(19-34)31-25-16-37-30(27)28(36)29(25)39-32(40-31)45-20-33-9-6-13-43(33)18-22(35)15-33/h14,16-17,22,44H,2-13,15,18-20H2,1H3,(H,38,41)/t22-,33+,34?/m1/s1. The Balaban J connectivity index is 1.29. The van der Waals surface area contributed by atoms with Crippen molar-refractivity contribution in [3.05, 3.63) is 35.4 Å². The highest BCUT2D eigenvalue weighted by Gasteiger charge is 2.49. The predicted molar refractivity (Wildman–Crippen MR) is 169 cm³/mol. The van der Waals surface area contributed by atoms with Crippen LogP contribution < -0.4 is 9.64 Å². The largest absolute Gasteiger partial charge is 0.461 e. The number of nitrogens with one attached hydrogen (secondary N) is 1. The van der Waals surface area contributed by atoms with Crippen molar-refractivity contribution in [2.45, 2.75) is 94.9 Å². The quantitative estimate of drug-likeness (QED) is 0.297. The summed E-state index contributed by atoms with van der Waals surface area (Å²) in [5.74, 6) is -0.00767. The summed E-state index contributed by atoms with van der Waals surface area (Å²) in [7, 11) is 0. The van der Waals surface area contributed by atoms with Crippen molar-refractivity contribution < 1.29 is 18.6 Å². The minimum atomic E-state index is -0.880. The Bertz CT molecular complexity index is 1760. The lowest BCUT2D eigenvalue weighted by atomic mass is 9.86. The molecule has 4 aromatic rings. The fraction of sp³-hybridized carbons (Fsp3) is 0.588. The molecular formula is C34H41F2N7O2. The number of H-pyrrole nitrogens is 1. The zero-order chi connectivity index (χ0) is 30.8. The number of rotatable bonds is 3. The van der Waals surface area contributed by atoms with E-state index < -0.39 is 17.6 Å². The lowest BCUT2D eigenvalue weighted by Crippen LogP contribution is -2.48. The summed E-state index contributed by atoms with van der Waals surface area (Å²) in [6, 6.07) is 2.15. The number of fused-ring (bicyclic) bond motifs is 8. The fourth-order valence-electron chi connectivity index (χ4n) is 8.62. The summed E-state index contributed by atoms with van der Waals surface area (Å²) in [5, 5.41) is 20.3. The first-order valence-corrected chi connectivity index (χ1v) is 16.6. The van der Waals surface area contributed by atoms with Gasteiger partial charge in [0, 0.05) is 43.2 Å². The van der Waals surface area contributed by atoms with Crippen LogP contribution in [-0.4, -0.2) is 85.3 Å². The van der Waals surface area contributed by atoms with Gasteiger partial charge in [-0.25, -0.2) is 8.78 Å². The van der Waals surface area contributed by atoms with E-state index in [4.69, 9.17) is 14.7 Å². The number of pyridine rings is 1. The number of nitrogens with zero attached hydrogens (tertiary/aromatic N) is 6. The van der Waals surface area contributed by atoms with Gasteiger partial charge in [-0.2, -0.15) is 15.1 Å². The van der Waals surface area contributed by atoms with Gasteiger partial charge in [-0.3, -0.25) is 15.0 Å². The molecule has 0 aliphatic carbocycles. The monoisotopic (exact) mass is 617 g/mol. The van der Waals surface area contributed by atoms with E-state index in [-0.39, 0.29) is 29.4 Å². The first kappa shape index (κ1) is 29.0. The number of ether oxygens (including phenoxy) is 1. The van der Waals surface area contributed by atoms with E-state index in [2.05, 4.69) is 33.1 Å². The van der Waals surface area contributed by atoms with Gasteiger partial charge in [0.05, 0.1) is 28.2 Å². The third-order valence-electron chi connectivity index (χ3n) is 10.9. The number of benzene rings is 1. The van der Waals surface area contributed by atoms with E-state index >= 15 is 4.39 Å². The molecule has 0 saturated carbocycles. The third-order valence-corrected chi connectivity index (χ3v) is 10.9. The number of hydrogen-bond donors (Lipinski definition) is 2. The molecule has 0 spiro atoms. The van der Waals surface area contributed by atoms with Crippen molar-refractivity contribution in [3.8, 4) is 17.3 Å². The van der Waals surface area contributed by atoms with Crippen LogP contribution in [0.3, 0.4) is 0 Å². The van der Waals surface area contributed by atoms with Gasteiger partial charge in [0.15, 0.2) is 5.82 Å². The smallest absolute Gasteiger partial charge is 0.319 e. The van der Waals surface area contributed by atoms with Gasteiger partial charge in [0.1, 0.15) is 29.8 Å². The second-order valence-corrected chi connectivity index (χ2v) is 13.9. The molecule has 3 aromatic heterocycles. The average molecular weight is 618 g/mol. The molecule has 1 aromatic carbocycles. The Hall–Kier alpha value is -3.44. The van der Waals surface area contributed by atoms with Gasteiger partial charge in [0.25, 0.3) is 0 Å². The normalized spacial score (nSPS) is 27.5. The molecule has 2 N–H and O–H groups in total. The Morgan fingerprint density at radius 3 is 2.80 bits per heavy atom. The molecule has 5 aliphatic heterocycles. The summed E-state index contributed by atoms with van der Waals surface area (Å²) < 4.78 is 37.8. The molecule has 5 aliphatic rings. The molecule has 9 rings (SSSR count). The number of aryl methyl sites for hydroxylation is 1. The van der Waals surface area contributed by atoms with Gasteiger partial charge in [0.2, 0.25) is 0 Å². The second kappa shape index (κ2) is 11.1. The molecule has 3 saturated heterocycles. The van der Waals surface area contributed by atoms with E-state index in [0.29, 0.717) is 43.7 Å². The first-order valence-electron chi connectivity index (χ1n) is 16.6. The number of anilines is 1. The maximum Gasteiger partial charge on any atom is 0.319 e. The van der Waals surface area contributed by atoms with Gasteiger partial charge in [-0.05, 0) is 75.6 Å². The van der Waals surface area contributed by atoms with Crippen LogP contribution in [-0.2, 0) is 6.42 Å². The van der Waals surface area contributed by atoms with E-state index in [0.717, 1.165) is 91.9 Å². The number of hydrogen-bond acceptors (Lipinski definition) is 8. The average Bonchev–Trinajstić information content (AvgIpc) is 3.72. The van der Waals surface area contributed by atoms with Crippen LogP contribution >= 0.6 is 0 Å². The van der Waals surface area contributed by atoms with Gasteiger partial charge >= 0.3 is 6.01 Å². The molecule has 238 valence electrons. The maximum atomic E-state index is 17.0. The van der Waals surface area contributed by atoms with Crippen LogP contribution in [0.15, 0.2) is 18.5 Å². The van der Waals surface area contributed by atoms with Crippen molar-refractivity contribution in [1.29, 1.82) is 0 Å². The summed E-state index contributed by atoms with van der Waals surface area (Å²) in [4.78, 5) is 18.5.